The van der Waals surface area contributed by atoms with Gasteiger partial charge in [-0.3, -0.25) is 14.5 Å². The van der Waals surface area contributed by atoms with Crippen molar-refractivity contribution in [3.8, 4) is 0 Å². The number of piperidine rings is 1. The second kappa shape index (κ2) is 14.6. The van der Waals surface area contributed by atoms with Gasteiger partial charge in [0.2, 0.25) is 5.91 Å². The van der Waals surface area contributed by atoms with Crippen LogP contribution in [0.25, 0.3) is 0 Å². The maximum atomic E-state index is 13.5. The standard InChI is InChI=1S/C35H46N2O4/c1-6-9-10-14-25(4)24-41-32-18-17-27-23-36-20-19-33(38)37(22-26(8-3)13-7-2)30-16-12-11-15-28(30)31(36)21-29(27)34(32)35(39)40-5/h6-16,27,29,31-32,34H,4,17-24H2,1-3,5H3/b9-6-,13-7-,14-10-,26-8+/t27-,29-,31-,32-,34+/m0/s1. The lowest BCUT2D eigenvalue weighted by Crippen LogP contribution is -2.53. The molecule has 2 fully saturated rings. The van der Waals surface area contributed by atoms with Crippen LogP contribution in [-0.2, 0) is 19.1 Å². The molecule has 1 amide bonds. The van der Waals surface area contributed by atoms with E-state index in [9.17, 15) is 9.59 Å². The summed E-state index contributed by atoms with van der Waals surface area (Å²) in [5, 5.41) is 0. The van der Waals surface area contributed by atoms with Crippen LogP contribution in [0, 0.1) is 17.8 Å². The lowest BCUT2D eigenvalue weighted by Gasteiger charge is -2.51. The van der Waals surface area contributed by atoms with E-state index in [4.69, 9.17) is 9.47 Å². The predicted molar refractivity (Wildman–Crippen MR) is 165 cm³/mol. The Kier molecular flexibility index (Phi) is 10.9. The largest absolute Gasteiger partial charge is 0.469 e. The van der Waals surface area contributed by atoms with Gasteiger partial charge in [0.05, 0.1) is 32.3 Å². The number of benzene rings is 1. The highest BCUT2D eigenvalue weighted by molar-refractivity contribution is 5.95. The number of amides is 1. The average molecular weight is 559 g/mol. The van der Waals surface area contributed by atoms with Crippen LogP contribution in [-0.4, -0.2) is 56.2 Å². The summed E-state index contributed by atoms with van der Waals surface area (Å²) < 4.78 is 11.7. The van der Waals surface area contributed by atoms with Gasteiger partial charge in [0.25, 0.3) is 0 Å². The summed E-state index contributed by atoms with van der Waals surface area (Å²) in [5.74, 6) is 0.131. The number of carbonyl (C=O) groups is 2. The fourth-order valence-corrected chi connectivity index (χ4v) is 6.86. The predicted octanol–water partition coefficient (Wildman–Crippen LogP) is 6.58. The number of allylic oxidation sites excluding steroid dienone is 5. The monoisotopic (exact) mass is 558 g/mol. The number of para-hydroxylation sites is 1. The van der Waals surface area contributed by atoms with Crippen molar-refractivity contribution in [1.82, 2.24) is 4.90 Å². The first kappa shape index (κ1) is 30.7. The Morgan fingerprint density at radius 2 is 1.90 bits per heavy atom. The molecule has 0 radical (unpaired) electrons. The maximum Gasteiger partial charge on any atom is 0.311 e. The van der Waals surface area contributed by atoms with E-state index in [0.29, 0.717) is 32.0 Å². The van der Waals surface area contributed by atoms with Gasteiger partial charge in [0.1, 0.15) is 0 Å². The third kappa shape index (κ3) is 7.17. The van der Waals surface area contributed by atoms with Gasteiger partial charge < -0.3 is 14.4 Å². The van der Waals surface area contributed by atoms with E-state index < -0.39 is 0 Å². The molecule has 2 heterocycles. The van der Waals surface area contributed by atoms with Crippen LogP contribution in [0.4, 0.5) is 5.69 Å². The summed E-state index contributed by atoms with van der Waals surface area (Å²) in [7, 11) is 1.48. The van der Waals surface area contributed by atoms with Gasteiger partial charge >= 0.3 is 5.97 Å². The molecular formula is C35H46N2O4. The summed E-state index contributed by atoms with van der Waals surface area (Å²) in [6.45, 7) is 12.6. The molecule has 0 N–H and O–H groups in total. The number of hydrogen-bond donors (Lipinski definition) is 0. The van der Waals surface area contributed by atoms with Crippen molar-refractivity contribution in [1.29, 1.82) is 0 Å². The Morgan fingerprint density at radius 1 is 1.10 bits per heavy atom. The molecule has 220 valence electrons. The van der Waals surface area contributed by atoms with Gasteiger partial charge in [-0.2, -0.15) is 0 Å². The van der Waals surface area contributed by atoms with Crippen molar-refractivity contribution in [2.45, 2.75) is 58.6 Å². The molecule has 0 bridgehead atoms. The van der Waals surface area contributed by atoms with E-state index in [-0.39, 0.29) is 35.9 Å². The second-order valence-electron chi connectivity index (χ2n) is 11.3. The lowest BCUT2D eigenvalue weighted by atomic mass is 9.65. The van der Waals surface area contributed by atoms with Crippen molar-refractivity contribution >= 4 is 17.6 Å². The smallest absolute Gasteiger partial charge is 0.311 e. The topological polar surface area (TPSA) is 59.1 Å². The number of carbonyl (C=O) groups excluding carboxylic acids is 2. The van der Waals surface area contributed by atoms with E-state index in [1.165, 1.54) is 7.11 Å². The van der Waals surface area contributed by atoms with Crippen molar-refractivity contribution in [3.05, 3.63) is 90.1 Å². The van der Waals surface area contributed by atoms with Crippen LogP contribution in [0.1, 0.15) is 58.1 Å². The molecule has 1 saturated carbocycles. The molecule has 1 aromatic carbocycles. The first-order valence-corrected chi connectivity index (χ1v) is 15.0. The normalized spacial score (nSPS) is 27.4. The van der Waals surface area contributed by atoms with E-state index in [2.05, 4.69) is 41.8 Å². The van der Waals surface area contributed by atoms with Crippen molar-refractivity contribution < 1.29 is 19.1 Å². The molecule has 3 aliphatic rings. The van der Waals surface area contributed by atoms with Crippen LogP contribution < -0.4 is 4.90 Å². The van der Waals surface area contributed by atoms with Gasteiger partial charge in [0, 0.05) is 31.2 Å². The summed E-state index contributed by atoms with van der Waals surface area (Å²) >= 11 is 0. The Hall–Kier alpha value is -3.22. The zero-order chi connectivity index (χ0) is 29.4. The highest BCUT2D eigenvalue weighted by Gasteiger charge is 2.50. The number of rotatable bonds is 9. The minimum atomic E-state index is -0.326. The van der Waals surface area contributed by atoms with Crippen LogP contribution in [0.5, 0.6) is 0 Å². The molecule has 1 saturated heterocycles. The molecule has 4 rings (SSSR count). The van der Waals surface area contributed by atoms with Gasteiger partial charge in [0.15, 0.2) is 0 Å². The number of anilines is 1. The average Bonchev–Trinajstić information content (AvgIpc) is 2.99. The third-order valence-electron chi connectivity index (χ3n) is 8.88. The van der Waals surface area contributed by atoms with Gasteiger partial charge in [-0.05, 0) is 74.6 Å². The number of ether oxygens (including phenoxy) is 2. The first-order valence-electron chi connectivity index (χ1n) is 15.0. The maximum absolute atomic E-state index is 13.5. The SMILES string of the molecule is C=C(/C=C\C=C/C)CO[C@H]1CC[C@H]2CN3CCC(=O)N(CC(/C=C\C)=C/C)c4ccccc4[C@@H]3C[C@@H]2[C@H]1C(=O)OC. The highest BCUT2D eigenvalue weighted by Crippen LogP contribution is 2.49. The molecule has 0 unspecified atom stereocenters. The number of fused-ring (bicyclic) bond motifs is 4. The molecule has 0 spiro atoms. The van der Waals surface area contributed by atoms with Gasteiger partial charge in [-0.15, -0.1) is 0 Å². The number of hydrogen-bond acceptors (Lipinski definition) is 5. The van der Waals surface area contributed by atoms with Crippen LogP contribution in [0.15, 0.2) is 84.5 Å². The van der Waals surface area contributed by atoms with Crippen molar-refractivity contribution in [2.75, 3.05) is 38.3 Å². The van der Waals surface area contributed by atoms with Crippen LogP contribution >= 0.6 is 0 Å². The second-order valence-corrected chi connectivity index (χ2v) is 11.3. The van der Waals surface area contributed by atoms with Gasteiger partial charge in [-0.1, -0.05) is 67.3 Å². The van der Waals surface area contributed by atoms with E-state index in [1.807, 2.05) is 62.1 Å². The number of methoxy groups -OCH3 is 1. The molecule has 1 aromatic rings. The minimum Gasteiger partial charge on any atom is -0.469 e. The van der Waals surface area contributed by atoms with Gasteiger partial charge in [-0.25, -0.2) is 0 Å². The minimum absolute atomic E-state index is 0.114. The Balaban J connectivity index is 1.62. The summed E-state index contributed by atoms with van der Waals surface area (Å²) in [6, 6.07) is 8.43. The lowest BCUT2D eigenvalue weighted by molar-refractivity contribution is -0.163. The molecule has 6 nitrogen and oxygen atoms in total. The Labute approximate surface area is 246 Å². The fourth-order valence-electron chi connectivity index (χ4n) is 6.86. The molecule has 2 aliphatic heterocycles. The molecule has 5 atom stereocenters. The van der Waals surface area contributed by atoms with E-state index >= 15 is 0 Å². The molecular weight excluding hydrogens is 512 g/mol. The highest BCUT2D eigenvalue weighted by atomic mass is 16.5. The Bertz CT molecular complexity index is 1210. The van der Waals surface area contributed by atoms with Crippen LogP contribution in [0.3, 0.4) is 0 Å². The quantitative estimate of drug-likeness (QED) is 0.253. The zero-order valence-corrected chi connectivity index (χ0v) is 25.1. The number of nitrogens with zero attached hydrogens (tertiary/aromatic N) is 2. The van der Waals surface area contributed by atoms with Crippen LogP contribution in [0.2, 0.25) is 0 Å². The fraction of sp³-hybridized carbons (Fsp3) is 0.486. The molecule has 1 aliphatic carbocycles. The summed E-state index contributed by atoms with van der Waals surface area (Å²) in [5.41, 5.74) is 4.11. The Morgan fingerprint density at radius 3 is 2.63 bits per heavy atom. The molecule has 6 heteroatoms. The zero-order valence-electron chi connectivity index (χ0n) is 25.1. The summed E-state index contributed by atoms with van der Waals surface area (Å²) in [4.78, 5) is 31.3. The van der Waals surface area contributed by atoms with E-state index in [0.717, 1.165) is 48.2 Å². The first-order chi connectivity index (χ1) is 19.9. The third-order valence-corrected chi connectivity index (χ3v) is 8.88. The molecule has 41 heavy (non-hydrogen) atoms. The van der Waals surface area contributed by atoms with Crippen molar-refractivity contribution in [2.24, 2.45) is 17.8 Å². The van der Waals surface area contributed by atoms with Crippen molar-refractivity contribution in [3.63, 3.8) is 0 Å². The summed E-state index contributed by atoms with van der Waals surface area (Å²) in [6.07, 6.45) is 16.9. The molecule has 0 aromatic heterocycles. The van der Waals surface area contributed by atoms with E-state index in [1.54, 1.807) is 0 Å². The number of esters is 1.